The van der Waals surface area contributed by atoms with Gasteiger partial charge in [0.15, 0.2) is 0 Å². The highest BCUT2D eigenvalue weighted by Crippen LogP contribution is 2.16. The molecule has 0 aromatic heterocycles. The van der Waals surface area contributed by atoms with E-state index in [2.05, 4.69) is 15.9 Å². The molecule has 0 aliphatic carbocycles. The van der Waals surface area contributed by atoms with E-state index in [1.165, 1.54) is 0 Å². The van der Waals surface area contributed by atoms with Crippen LogP contribution >= 0.6 is 15.9 Å². The Bertz CT molecular complexity index is 402. The highest BCUT2D eigenvalue weighted by molar-refractivity contribution is 9.10. The van der Waals surface area contributed by atoms with E-state index in [1.54, 1.807) is 4.90 Å². The van der Waals surface area contributed by atoms with Crippen molar-refractivity contribution >= 4 is 21.8 Å². The first kappa shape index (κ1) is 12.6. The Morgan fingerprint density at radius 3 is 3.06 bits per heavy atom. The van der Waals surface area contributed by atoms with Crippen molar-refractivity contribution in [3.8, 4) is 0 Å². The molecule has 1 aliphatic heterocycles. The van der Waals surface area contributed by atoms with E-state index in [4.69, 9.17) is 4.74 Å². The molecule has 1 aliphatic rings. The maximum atomic E-state index is 12.1. The zero-order valence-electron chi connectivity index (χ0n) is 9.86. The third-order valence-electron chi connectivity index (χ3n) is 2.92. The summed E-state index contributed by atoms with van der Waals surface area (Å²) in [6.07, 6.45) is 2.36. The normalized spacial score (nSPS) is 19.3. The number of ether oxygens (including phenoxy) is 1. The Morgan fingerprint density at radius 1 is 1.59 bits per heavy atom. The van der Waals surface area contributed by atoms with E-state index in [0.717, 1.165) is 23.9 Å². The Morgan fingerprint density at radius 2 is 2.41 bits per heavy atom. The van der Waals surface area contributed by atoms with Gasteiger partial charge in [0.1, 0.15) is 0 Å². The fraction of sp³-hybridized carbons (Fsp3) is 0.462. The molecule has 0 radical (unpaired) electrons. The summed E-state index contributed by atoms with van der Waals surface area (Å²) >= 11 is 3.37. The smallest absolute Gasteiger partial charge is 0.253 e. The summed E-state index contributed by atoms with van der Waals surface area (Å²) in [5.74, 6) is 0.0433. The number of halogens is 1. The second kappa shape index (κ2) is 5.65. The van der Waals surface area contributed by atoms with Crippen molar-refractivity contribution in [3.05, 3.63) is 34.3 Å². The van der Waals surface area contributed by atoms with Crippen LogP contribution in [-0.4, -0.2) is 37.1 Å². The zero-order valence-corrected chi connectivity index (χ0v) is 11.4. The maximum absolute atomic E-state index is 12.1. The van der Waals surface area contributed by atoms with E-state index in [9.17, 15) is 4.79 Å². The molecule has 1 unspecified atom stereocenters. The van der Waals surface area contributed by atoms with Gasteiger partial charge in [-0.15, -0.1) is 0 Å². The topological polar surface area (TPSA) is 29.5 Å². The van der Waals surface area contributed by atoms with E-state index in [-0.39, 0.29) is 12.0 Å². The Balaban J connectivity index is 1.98. The summed E-state index contributed by atoms with van der Waals surface area (Å²) in [5.41, 5.74) is 0.708. The average molecular weight is 298 g/mol. The molecule has 92 valence electrons. The number of nitrogens with zero attached hydrogens (tertiary/aromatic N) is 1. The van der Waals surface area contributed by atoms with Crippen LogP contribution in [0.3, 0.4) is 0 Å². The van der Waals surface area contributed by atoms with Crippen molar-refractivity contribution in [3.63, 3.8) is 0 Å². The lowest BCUT2D eigenvalue weighted by Gasteiger charge is -2.20. The molecular weight excluding hydrogens is 282 g/mol. The van der Waals surface area contributed by atoms with Crippen LogP contribution in [-0.2, 0) is 4.74 Å². The molecule has 1 aromatic rings. The standard InChI is InChI=1S/C13H16BrNO2/c1-15(9-12-6-3-7-17-12)13(16)10-4-2-5-11(14)8-10/h2,4-5,8,12H,3,6-7,9H2,1H3. The highest BCUT2D eigenvalue weighted by Gasteiger charge is 2.20. The lowest BCUT2D eigenvalue weighted by molar-refractivity contribution is 0.0587. The summed E-state index contributed by atoms with van der Waals surface area (Å²) in [7, 11) is 1.82. The minimum Gasteiger partial charge on any atom is -0.376 e. The molecule has 4 heteroatoms. The monoisotopic (exact) mass is 297 g/mol. The van der Waals surface area contributed by atoms with Crippen molar-refractivity contribution in [2.45, 2.75) is 18.9 Å². The molecule has 2 rings (SSSR count). The molecule has 17 heavy (non-hydrogen) atoms. The molecule has 3 nitrogen and oxygen atoms in total. The SMILES string of the molecule is CN(CC1CCCO1)C(=O)c1cccc(Br)c1. The molecule has 0 spiro atoms. The summed E-state index contributed by atoms with van der Waals surface area (Å²) in [5, 5.41) is 0. The first-order valence-electron chi connectivity index (χ1n) is 5.79. The number of hydrogen-bond acceptors (Lipinski definition) is 2. The molecule has 0 saturated carbocycles. The molecule has 1 heterocycles. The minimum atomic E-state index is 0.0433. The quantitative estimate of drug-likeness (QED) is 0.858. The van der Waals surface area contributed by atoms with Gasteiger partial charge in [-0.1, -0.05) is 22.0 Å². The molecule has 1 aromatic carbocycles. The van der Waals surface area contributed by atoms with Gasteiger partial charge in [0.25, 0.3) is 5.91 Å². The van der Waals surface area contributed by atoms with Crippen molar-refractivity contribution in [2.24, 2.45) is 0 Å². The number of carbonyl (C=O) groups excluding carboxylic acids is 1. The summed E-state index contributed by atoms with van der Waals surface area (Å²) in [6.45, 7) is 1.49. The number of carbonyl (C=O) groups is 1. The van der Waals surface area contributed by atoms with Gasteiger partial charge in [0.2, 0.25) is 0 Å². The molecule has 1 fully saturated rings. The van der Waals surface area contributed by atoms with E-state index in [0.29, 0.717) is 12.1 Å². The molecular formula is C13H16BrNO2. The summed E-state index contributed by atoms with van der Waals surface area (Å²) in [6, 6.07) is 7.46. The van der Waals surface area contributed by atoms with E-state index in [1.807, 2.05) is 31.3 Å². The third kappa shape index (κ3) is 3.30. The van der Waals surface area contributed by atoms with Crippen LogP contribution < -0.4 is 0 Å². The van der Waals surface area contributed by atoms with Gasteiger partial charge >= 0.3 is 0 Å². The lowest BCUT2D eigenvalue weighted by Crippen LogP contribution is -2.34. The number of rotatable bonds is 3. The second-order valence-electron chi connectivity index (χ2n) is 4.33. The van der Waals surface area contributed by atoms with Crippen LogP contribution in [0.2, 0.25) is 0 Å². The predicted molar refractivity (Wildman–Crippen MR) is 70.1 cm³/mol. The molecule has 1 amide bonds. The largest absolute Gasteiger partial charge is 0.376 e. The Kier molecular flexibility index (Phi) is 4.18. The summed E-state index contributed by atoms with van der Waals surface area (Å²) < 4.78 is 6.46. The van der Waals surface area contributed by atoms with E-state index < -0.39 is 0 Å². The van der Waals surface area contributed by atoms with Gasteiger partial charge in [-0.25, -0.2) is 0 Å². The Labute approximate surface area is 110 Å². The van der Waals surface area contributed by atoms with Gasteiger partial charge in [0, 0.05) is 30.2 Å². The zero-order chi connectivity index (χ0) is 12.3. The van der Waals surface area contributed by atoms with Crippen LogP contribution in [0.25, 0.3) is 0 Å². The second-order valence-corrected chi connectivity index (χ2v) is 5.25. The van der Waals surface area contributed by atoms with E-state index >= 15 is 0 Å². The number of benzene rings is 1. The highest BCUT2D eigenvalue weighted by atomic mass is 79.9. The summed E-state index contributed by atoms with van der Waals surface area (Å²) in [4.78, 5) is 13.9. The lowest BCUT2D eigenvalue weighted by atomic mass is 10.2. The van der Waals surface area contributed by atoms with Gasteiger partial charge in [-0.05, 0) is 31.0 Å². The first-order valence-corrected chi connectivity index (χ1v) is 6.59. The van der Waals surface area contributed by atoms with Crippen LogP contribution in [0.5, 0.6) is 0 Å². The van der Waals surface area contributed by atoms with Crippen molar-refractivity contribution in [2.75, 3.05) is 20.2 Å². The van der Waals surface area contributed by atoms with Crippen LogP contribution in [0.1, 0.15) is 23.2 Å². The van der Waals surface area contributed by atoms with Crippen molar-refractivity contribution in [1.29, 1.82) is 0 Å². The van der Waals surface area contributed by atoms with Crippen molar-refractivity contribution < 1.29 is 9.53 Å². The van der Waals surface area contributed by atoms with Crippen molar-refractivity contribution in [1.82, 2.24) is 4.90 Å². The van der Waals surface area contributed by atoms with Gasteiger partial charge < -0.3 is 9.64 Å². The molecule has 0 N–H and O–H groups in total. The van der Waals surface area contributed by atoms with Crippen LogP contribution in [0.4, 0.5) is 0 Å². The maximum Gasteiger partial charge on any atom is 0.253 e. The molecule has 1 saturated heterocycles. The average Bonchev–Trinajstić information content (AvgIpc) is 2.80. The fourth-order valence-electron chi connectivity index (χ4n) is 2.02. The number of likely N-dealkylation sites (N-methyl/N-ethyl adjacent to an activating group) is 1. The molecule has 0 bridgehead atoms. The van der Waals surface area contributed by atoms with Gasteiger partial charge in [-0.3, -0.25) is 4.79 Å². The number of amides is 1. The third-order valence-corrected chi connectivity index (χ3v) is 3.41. The fourth-order valence-corrected chi connectivity index (χ4v) is 2.42. The van der Waals surface area contributed by atoms with Crippen LogP contribution in [0, 0.1) is 0 Å². The van der Waals surface area contributed by atoms with Gasteiger partial charge in [0.05, 0.1) is 6.10 Å². The number of hydrogen-bond donors (Lipinski definition) is 0. The minimum absolute atomic E-state index is 0.0433. The van der Waals surface area contributed by atoms with Gasteiger partial charge in [-0.2, -0.15) is 0 Å². The predicted octanol–water partition coefficient (Wildman–Crippen LogP) is 2.70. The Hall–Kier alpha value is -0.870. The molecule has 1 atom stereocenters. The van der Waals surface area contributed by atoms with Crippen LogP contribution in [0.15, 0.2) is 28.7 Å². The first-order chi connectivity index (χ1) is 8.16.